The van der Waals surface area contributed by atoms with E-state index in [1.807, 2.05) is 0 Å². The minimum absolute atomic E-state index is 0.0804. The number of hydrogen-bond acceptors (Lipinski definition) is 5. The average Bonchev–Trinajstić information content (AvgIpc) is 2.90. The standard InChI is InChI=1S/C31H34F4O4S/c1-21(2)29(36)39-17-13-9-7-5-3-4-6-8-12-16-38-22-18-27(32)25-20-24(30(37)40-28(25)19-22)23-14-10-11-15-26(23)31(33,34)35/h10-11,14-15,18-20H,1,3-9,12-13,16-17H2,2H3. The van der Waals surface area contributed by atoms with Crippen molar-refractivity contribution in [1.82, 2.24) is 0 Å². The third-order valence-electron chi connectivity index (χ3n) is 6.44. The summed E-state index contributed by atoms with van der Waals surface area (Å²) in [6, 6.07) is 8.76. The van der Waals surface area contributed by atoms with Crippen LogP contribution in [0.1, 0.15) is 70.3 Å². The highest BCUT2D eigenvalue weighted by Crippen LogP contribution is 2.37. The van der Waals surface area contributed by atoms with E-state index in [0.717, 1.165) is 63.9 Å². The Morgan fingerprint density at radius 2 is 1.48 bits per heavy atom. The zero-order valence-corrected chi connectivity index (χ0v) is 23.4. The van der Waals surface area contributed by atoms with Crippen LogP contribution in [-0.2, 0) is 15.7 Å². The summed E-state index contributed by atoms with van der Waals surface area (Å²) in [5, 5.41) is 0.0804. The zero-order chi connectivity index (χ0) is 29.1. The molecule has 0 amide bonds. The molecule has 0 saturated heterocycles. The van der Waals surface area contributed by atoms with Crippen LogP contribution in [0.25, 0.3) is 21.2 Å². The van der Waals surface area contributed by atoms with Gasteiger partial charge in [-0.1, -0.05) is 81.1 Å². The number of carbonyl (C=O) groups is 1. The maximum Gasteiger partial charge on any atom is 0.417 e. The van der Waals surface area contributed by atoms with Crippen LogP contribution in [0.15, 0.2) is 59.4 Å². The van der Waals surface area contributed by atoms with Crippen LogP contribution >= 0.6 is 11.3 Å². The van der Waals surface area contributed by atoms with E-state index in [9.17, 15) is 27.2 Å². The lowest BCUT2D eigenvalue weighted by Crippen LogP contribution is -2.10. The van der Waals surface area contributed by atoms with Crippen LogP contribution < -0.4 is 9.48 Å². The highest BCUT2D eigenvalue weighted by atomic mass is 32.1. The van der Waals surface area contributed by atoms with Gasteiger partial charge in [-0.2, -0.15) is 13.2 Å². The van der Waals surface area contributed by atoms with Crippen molar-refractivity contribution < 1.29 is 31.8 Å². The van der Waals surface area contributed by atoms with Gasteiger partial charge in [-0.3, -0.25) is 4.79 Å². The number of esters is 1. The van der Waals surface area contributed by atoms with Crippen molar-refractivity contribution in [3.05, 3.63) is 75.5 Å². The van der Waals surface area contributed by atoms with Gasteiger partial charge in [0, 0.05) is 27.3 Å². The summed E-state index contributed by atoms with van der Waals surface area (Å²) in [6.45, 7) is 6.02. The lowest BCUT2D eigenvalue weighted by molar-refractivity contribution is -0.139. The first-order valence-electron chi connectivity index (χ1n) is 13.5. The van der Waals surface area contributed by atoms with E-state index in [0.29, 0.717) is 34.8 Å². The van der Waals surface area contributed by atoms with Gasteiger partial charge in [0.05, 0.1) is 18.8 Å². The Morgan fingerprint density at radius 3 is 2.10 bits per heavy atom. The van der Waals surface area contributed by atoms with E-state index in [1.165, 1.54) is 30.3 Å². The molecule has 0 N–H and O–H groups in total. The van der Waals surface area contributed by atoms with Crippen LogP contribution in [0, 0.1) is 5.82 Å². The molecular weight excluding hydrogens is 544 g/mol. The second kappa shape index (κ2) is 15.0. The first kappa shape index (κ1) is 31.3. The Labute approximate surface area is 235 Å². The molecule has 3 rings (SSSR count). The number of halogens is 4. The van der Waals surface area contributed by atoms with E-state index in [2.05, 4.69) is 6.58 Å². The average molecular weight is 579 g/mol. The van der Waals surface area contributed by atoms with Gasteiger partial charge in [0.25, 0.3) is 0 Å². The molecule has 1 aromatic heterocycles. The summed E-state index contributed by atoms with van der Waals surface area (Å²) >= 11 is 0.706. The summed E-state index contributed by atoms with van der Waals surface area (Å²) in [4.78, 5) is 24.0. The third kappa shape index (κ3) is 9.18. The van der Waals surface area contributed by atoms with Crippen LogP contribution in [-0.4, -0.2) is 19.2 Å². The molecule has 0 aliphatic heterocycles. The maximum atomic E-state index is 14.9. The van der Waals surface area contributed by atoms with Crippen molar-refractivity contribution in [2.24, 2.45) is 0 Å². The SMILES string of the molecule is C=C(C)C(=O)OCCCCCCCCCCCOc1cc(F)c2cc(-c3ccccc3C(F)(F)F)c(=O)sc2c1. The summed E-state index contributed by atoms with van der Waals surface area (Å²) < 4.78 is 65.8. The Hall–Kier alpha value is -3.20. The van der Waals surface area contributed by atoms with Crippen LogP contribution in [0.5, 0.6) is 5.75 Å². The number of alkyl halides is 3. The minimum atomic E-state index is -4.64. The van der Waals surface area contributed by atoms with Gasteiger partial charge in [0.15, 0.2) is 0 Å². The maximum absolute atomic E-state index is 14.9. The molecule has 0 fully saturated rings. The number of rotatable bonds is 15. The van der Waals surface area contributed by atoms with Gasteiger partial charge >= 0.3 is 12.1 Å². The summed E-state index contributed by atoms with van der Waals surface area (Å²) in [5.41, 5.74) is -0.959. The highest BCUT2D eigenvalue weighted by molar-refractivity contribution is 7.16. The quantitative estimate of drug-likeness (QED) is 0.0781. The van der Waals surface area contributed by atoms with Gasteiger partial charge in [0.1, 0.15) is 11.6 Å². The molecule has 0 radical (unpaired) electrons. The molecule has 0 unspecified atom stereocenters. The van der Waals surface area contributed by atoms with E-state index in [1.54, 1.807) is 13.0 Å². The van der Waals surface area contributed by atoms with Crippen molar-refractivity contribution in [2.75, 3.05) is 13.2 Å². The minimum Gasteiger partial charge on any atom is -0.493 e. The number of unbranched alkanes of at least 4 members (excludes halogenated alkanes) is 8. The molecule has 9 heteroatoms. The predicted molar refractivity (Wildman–Crippen MR) is 151 cm³/mol. The fraction of sp³-hybridized carbons (Fsp3) is 0.419. The molecule has 0 spiro atoms. The topological polar surface area (TPSA) is 52.6 Å². The summed E-state index contributed by atoms with van der Waals surface area (Å²) in [5.74, 6) is -0.697. The van der Waals surface area contributed by atoms with Gasteiger partial charge in [-0.05, 0) is 43.5 Å². The molecule has 1 heterocycles. The smallest absolute Gasteiger partial charge is 0.417 e. The molecule has 4 nitrogen and oxygen atoms in total. The molecule has 3 aromatic rings. The third-order valence-corrected chi connectivity index (χ3v) is 7.40. The first-order chi connectivity index (χ1) is 19.1. The lowest BCUT2D eigenvalue weighted by Gasteiger charge is -2.13. The normalized spacial score (nSPS) is 11.5. The van der Waals surface area contributed by atoms with Crippen molar-refractivity contribution in [3.63, 3.8) is 0 Å². The molecule has 0 aliphatic carbocycles. The Morgan fingerprint density at radius 1 is 0.875 bits per heavy atom. The fourth-order valence-electron chi connectivity index (χ4n) is 4.31. The Kier molecular flexibility index (Phi) is 11.7. The van der Waals surface area contributed by atoms with Gasteiger partial charge in [0.2, 0.25) is 4.74 Å². The second-order valence-corrected chi connectivity index (χ2v) is 10.8. The van der Waals surface area contributed by atoms with Crippen molar-refractivity contribution in [2.45, 2.75) is 70.9 Å². The number of fused-ring (bicyclic) bond motifs is 1. The van der Waals surface area contributed by atoms with E-state index in [4.69, 9.17) is 9.47 Å². The Balaban J connectivity index is 1.42. The molecule has 216 valence electrons. The molecule has 40 heavy (non-hydrogen) atoms. The monoisotopic (exact) mass is 578 g/mol. The lowest BCUT2D eigenvalue weighted by atomic mass is 10.0. The van der Waals surface area contributed by atoms with Crippen LogP contribution in [0.4, 0.5) is 17.6 Å². The molecule has 2 aromatic carbocycles. The number of ether oxygens (including phenoxy) is 2. The van der Waals surface area contributed by atoms with Gasteiger partial charge < -0.3 is 9.47 Å². The molecule has 0 aliphatic rings. The number of carbonyl (C=O) groups excluding carboxylic acids is 1. The van der Waals surface area contributed by atoms with Crippen molar-refractivity contribution in [3.8, 4) is 16.9 Å². The molecule has 0 saturated carbocycles. The van der Waals surface area contributed by atoms with E-state index < -0.39 is 22.3 Å². The van der Waals surface area contributed by atoms with E-state index >= 15 is 0 Å². The predicted octanol–water partition coefficient (Wildman–Crippen LogP) is 9.10. The summed E-state index contributed by atoms with van der Waals surface area (Å²) in [6.07, 6.45) is 4.57. The fourth-order valence-corrected chi connectivity index (χ4v) is 5.23. The highest BCUT2D eigenvalue weighted by Gasteiger charge is 2.34. The summed E-state index contributed by atoms with van der Waals surface area (Å²) in [7, 11) is 0. The van der Waals surface area contributed by atoms with Crippen LogP contribution in [0.3, 0.4) is 0 Å². The van der Waals surface area contributed by atoms with Crippen molar-refractivity contribution >= 4 is 27.4 Å². The molecular formula is C31H34F4O4S. The van der Waals surface area contributed by atoms with Gasteiger partial charge in [-0.25, -0.2) is 9.18 Å². The second-order valence-electron chi connectivity index (χ2n) is 9.75. The largest absolute Gasteiger partial charge is 0.493 e. The zero-order valence-electron chi connectivity index (χ0n) is 22.6. The first-order valence-corrected chi connectivity index (χ1v) is 14.3. The number of hydrogen-bond donors (Lipinski definition) is 0. The molecule has 0 bridgehead atoms. The van der Waals surface area contributed by atoms with Crippen LogP contribution in [0.2, 0.25) is 0 Å². The van der Waals surface area contributed by atoms with E-state index in [-0.39, 0.29) is 28.2 Å². The van der Waals surface area contributed by atoms with Crippen molar-refractivity contribution in [1.29, 1.82) is 0 Å². The Bertz CT molecular complexity index is 1360. The number of benzene rings is 2. The molecule has 0 atom stereocenters. The van der Waals surface area contributed by atoms with Gasteiger partial charge in [-0.15, -0.1) is 0 Å².